The Morgan fingerprint density at radius 1 is 0.840 bits per heavy atom. The zero-order valence-corrected chi connectivity index (χ0v) is 17.0. The van der Waals surface area contributed by atoms with E-state index in [0.29, 0.717) is 11.8 Å². The molecule has 0 aliphatic heterocycles. The molecule has 142 valence electrons. The summed E-state index contributed by atoms with van der Waals surface area (Å²) < 4.78 is 0. The smallest absolute Gasteiger partial charge is 0.253 e. The number of nitrogens with zero attached hydrogens (tertiary/aromatic N) is 1. The van der Waals surface area contributed by atoms with Crippen LogP contribution in [0.4, 0.5) is 0 Å². The van der Waals surface area contributed by atoms with E-state index >= 15 is 0 Å². The van der Waals surface area contributed by atoms with Gasteiger partial charge < -0.3 is 4.90 Å². The Hall–Kier alpha value is -1.31. The highest BCUT2D eigenvalue weighted by atomic mass is 16.2. The molecule has 2 heteroatoms. The lowest BCUT2D eigenvalue weighted by atomic mass is 9.95. The Balaban J connectivity index is 2.86. The van der Waals surface area contributed by atoms with Gasteiger partial charge in [0.25, 0.3) is 5.91 Å². The normalized spacial score (nSPS) is 13.4. The summed E-state index contributed by atoms with van der Waals surface area (Å²) in [6.07, 6.45) is 9.77. The molecule has 0 bridgehead atoms. The fraction of sp³-hybridized carbons (Fsp3) is 0.696. The molecule has 1 amide bonds. The molecule has 1 rings (SSSR count). The van der Waals surface area contributed by atoms with Gasteiger partial charge in [0.15, 0.2) is 0 Å². The molecule has 2 unspecified atom stereocenters. The molecular weight excluding hydrogens is 306 g/mol. The second-order valence-electron chi connectivity index (χ2n) is 7.41. The van der Waals surface area contributed by atoms with E-state index in [1.54, 1.807) is 0 Å². The summed E-state index contributed by atoms with van der Waals surface area (Å²) in [4.78, 5) is 15.3. The molecule has 0 spiro atoms. The van der Waals surface area contributed by atoms with Crippen LogP contribution in [0, 0.1) is 11.8 Å². The van der Waals surface area contributed by atoms with E-state index in [1.165, 1.54) is 38.5 Å². The van der Waals surface area contributed by atoms with Crippen LogP contribution >= 0.6 is 0 Å². The van der Waals surface area contributed by atoms with Gasteiger partial charge in [-0.15, -0.1) is 0 Å². The molecule has 0 N–H and O–H groups in total. The lowest BCUT2D eigenvalue weighted by Gasteiger charge is -2.31. The molecule has 1 aromatic rings. The van der Waals surface area contributed by atoms with Crippen molar-refractivity contribution in [2.24, 2.45) is 11.8 Å². The summed E-state index contributed by atoms with van der Waals surface area (Å²) in [6.45, 7) is 10.8. The van der Waals surface area contributed by atoms with Gasteiger partial charge in [0.2, 0.25) is 0 Å². The Morgan fingerprint density at radius 2 is 1.32 bits per heavy atom. The largest absolute Gasteiger partial charge is 0.338 e. The molecule has 2 atom stereocenters. The van der Waals surface area contributed by atoms with Crippen molar-refractivity contribution in [1.29, 1.82) is 0 Å². The fourth-order valence-corrected chi connectivity index (χ4v) is 3.46. The average Bonchev–Trinajstić information content (AvgIpc) is 2.67. The van der Waals surface area contributed by atoms with E-state index in [4.69, 9.17) is 0 Å². The van der Waals surface area contributed by atoms with Crippen LogP contribution < -0.4 is 0 Å². The molecule has 1 aromatic carbocycles. The minimum atomic E-state index is 0.213. The summed E-state index contributed by atoms with van der Waals surface area (Å²) in [5.41, 5.74) is 0.832. The van der Waals surface area contributed by atoms with Crippen LogP contribution in [0.3, 0.4) is 0 Å². The lowest BCUT2D eigenvalue weighted by Crippen LogP contribution is -2.39. The van der Waals surface area contributed by atoms with E-state index in [2.05, 4.69) is 32.6 Å². The number of amides is 1. The zero-order valence-electron chi connectivity index (χ0n) is 17.0. The summed E-state index contributed by atoms with van der Waals surface area (Å²) in [5.74, 6) is 1.46. The van der Waals surface area contributed by atoms with Crippen LogP contribution in [-0.4, -0.2) is 23.9 Å². The molecule has 0 heterocycles. The predicted molar refractivity (Wildman–Crippen MR) is 109 cm³/mol. The number of unbranched alkanes of at least 4 members (excludes halogenated alkanes) is 2. The van der Waals surface area contributed by atoms with Crippen molar-refractivity contribution in [3.63, 3.8) is 0 Å². The highest BCUT2D eigenvalue weighted by Crippen LogP contribution is 2.20. The van der Waals surface area contributed by atoms with Gasteiger partial charge >= 0.3 is 0 Å². The van der Waals surface area contributed by atoms with Crippen molar-refractivity contribution in [1.82, 2.24) is 4.90 Å². The van der Waals surface area contributed by atoms with Crippen molar-refractivity contribution in [3.8, 4) is 0 Å². The maximum atomic E-state index is 13.1. The summed E-state index contributed by atoms with van der Waals surface area (Å²) in [7, 11) is 0. The van der Waals surface area contributed by atoms with Crippen molar-refractivity contribution in [2.75, 3.05) is 13.1 Å². The maximum absolute atomic E-state index is 13.1. The molecule has 0 aliphatic carbocycles. The van der Waals surface area contributed by atoms with E-state index < -0.39 is 0 Å². The third kappa shape index (κ3) is 8.07. The molecule has 2 nitrogen and oxygen atoms in total. The average molecular weight is 346 g/mol. The number of carbonyl (C=O) groups is 1. The second kappa shape index (κ2) is 13.0. The number of benzene rings is 1. The predicted octanol–water partition coefficient (Wildman–Crippen LogP) is 6.56. The summed E-state index contributed by atoms with van der Waals surface area (Å²) in [5, 5.41) is 0. The van der Waals surface area contributed by atoms with Crippen LogP contribution in [-0.2, 0) is 0 Å². The Labute approximate surface area is 156 Å². The van der Waals surface area contributed by atoms with E-state index in [1.807, 2.05) is 30.3 Å². The first-order chi connectivity index (χ1) is 12.2. The summed E-state index contributed by atoms with van der Waals surface area (Å²) in [6, 6.07) is 9.82. The van der Waals surface area contributed by atoms with Crippen molar-refractivity contribution >= 4 is 5.91 Å². The quantitative estimate of drug-likeness (QED) is 0.396. The van der Waals surface area contributed by atoms with Gasteiger partial charge in [-0.25, -0.2) is 0 Å². The molecule has 0 saturated heterocycles. The Kier molecular flexibility index (Phi) is 11.3. The molecule has 25 heavy (non-hydrogen) atoms. The molecular formula is C23H39NO. The standard InChI is InChI=1S/C23H39NO/c1-5-9-14-20(7-3)18-24(19-21(8-4)15-10-6-2)23(25)22-16-12-11-13-17-22/h11-13,16-17,20-21H,5-10,14-15,18-19H2,1-4H3. The molecule has 0 radical (unpaired) electrons. The first-order valence-electron chi connectivity index (χ1n) is 10.5. The number of carbonyl (C=O) groups excluding carboxylic acids is 1. The second-order valence-corrected chi connectivity index (χ2v) is 7.41. The summed E-state index contributed by atoms with van der Waals surface area (Å²) >= 11 is 0. The van der Waals surface area contributed by atoms with E-state index in [0.717, 1.165) is 31.5 Å². The lowest BCUT2D eigenvalue weighted by molar-refractivity contribution is 0.0685. The fourth-order valence-electron chi connectivity index (χ4n) is 3.46. The van der Waals surface area contributed by atoms with Gasteiger partial charge in [-0.1, -0.05) is 84.4 Å². The maximum Gasteiger partial charge on any atom is 0.253 e. The number of hydrogen-bond acceptors (Lipinski definition) is 1. The number of hydrogen-bond donors (Lipinski definition) is 0. The molecule has 0 aliphatic rings. The van der Waals surface area contributed by atoms with Crippen molar-refractivity contribution < 1.29 is 4.79 Å². The van der Waals surface area contributed by atoms with Crippen LogP contribution in [0.2, 0.25) is 0 Å². The third-order valence-corrected chi connectivity index (χ3v) is 5.35. The number of rotatable bonds is 13. The third-order valence-electron chi connectivity index (χ3n) is 5.35. The van der Waals surface area contributed by atoms with Crippen molar-refractivity contribution in [3.05, 3.63) is 35.9 Å². The van der Waals surface area contributed by atoms with Gasteiger partial charge in [-0.3, -0.25) is 4.79 Å². The van der Waals surface area contributed by atoms with Gasteiger partial charge in [0.1, 0.15) is 0 Å². The highest BCUT2D eigenvalue weighted by Gasteiger charge is 2.22. The van der Waals surface area contributed by atoms with Crippen LogP contribution in [0.25, 0.3) is 0 Å². The SMILES string of the molecule is CCCCC(CC)CN(CC(CC)CCCC)C(=O)c1ccccc1. The van der Waals surface area contributed by atoms with Gasteiger partial charge in [0.05, 0.1) is 0 Å². The van der Waals surface area contributed by atoms with Crippen molar-refractivity contribution in [2.45, 2.75) is 79.1 Å². The molecule has 0 fully saturated rings. The van der Waals surface area contributed by atoms with Gasteiger partial charge in [-0.2, -0.15) is 0 Å². The van der Waals surface area contributed by atoms with Gasteiger partial charge in [-0.05, 0) is 36.8 Å². The first-order valence-corrected chi connectivity index (χ1v) is 10.5. The monoisotopic (exact) mass is 345 g/mol. The first kappa shape index (κ1) is 21.7. The minimum absolute atomic E-state index is 0.213. The minimum Gasteiger partial charge on any atom is -0.338 e. The Morgan fingerprint density at radius 3 is 1.72 bits per heavy atom. The zero-order chi connectivity index (χ0) is 18.5. The van der Waals surface area contributed by atoms with Gasteiger partial charge in [0, 0.05) is 18.7 Å². The van der Waals surface area contributed by atoms with Crippen LogP contribution in [0.5, 0.6) is 0 Å². The van der Waals surface area contributed by atoms with E-state index in [9.17, 15) is 4.79 Å². The highest BCUT2D eigenvalue weighted by molar-refractivity contribution is 5.94. The van der Waals surface area contributed by atoms with E-state index in [-0.39, 0.29) is 5.91 Å². The Bertz CT molecular complexity index is 438. The topological polar surface area (TPSA) is 20.3 Å². The van der Waals surface area contributed by atoms with Crippen LogP contribution in [0.1, 0.15) is 89.4 Å². The molecule has 0 saturated carbocycles. The molecule has 0 aromatic heterocycles. The van der Waals surface area contributed by atoms with Crippen LogP contribution in [0.15, 0.2) is 30.3 Å².